The summed E-state index contributed by atoms with van der Waals surface area (Å²) in [6.45, 7) is 3.94. The molecule has 0 saturated heterocycles. The Balaban J connectivity index is 1.45. The molecule has 5 rings (SSSR count). The van der Waals surface area contributed by atoms with Crippen molar-refractivity contribution in [1.29, 1.82) is 0 Å². The van der Waals surface area contributed by atoms with Crippen LogP contribution in [0.2, 0.25) is 0 Å². The van der Waals surface area contributed by atoms with Gasteiger partial charge in [0.15, 0.2) is 0 Å². The van der Waals surface area contributed by atoms with Crippen LogP contribution in [0.5, 0.6) is 0 Å². The fourth-order valence-electron chi connectivity index (χ4n) is 6.41. The van der Waals surface area contributed by atoms with E-state index in [-0.39, 0.29) is 29.7 Å². The van der Waals surface area contributed by atoms with E-state index in [0.29, 0.717) is 5.69 Å². The number of hydrogen-bond acceptors (Lipinski definition) is 4. The lowest BCUT2D eigenvalue weighted by atomic mass is 9.47. The summed E-state index contributed by atoms with van der Waals surface area (Å²) in [5.74, 6) is 2.26. The van der Waals surface area contributed by atoms with Crippen molar-refractivity contribution in [3.8, 4) is 0 Å². The van der Waals surface area contributed by atoms with E-state index in [1.54, 1.807) is 6.92 Å². The van der Waals surface area contributed by atoms with E-state index in [0.717, 1.165) is 24.2 Å². The number of rotatable bonds is 6. The number of hydrogen-bond donors (Lipinski definition) is 1. The van der Waals surface area contributed by atoms with E-state index in [1.165, 1.54) is 49.3 Å². The summed E-state index contributed by atoms with van der Waals surface area (Å²) in [7, 11) is 0. The molecule has 1 unspecified atom stereocenters. The summed E-state index contributed by atoms with van der Waals surface area (Å²) >= 11 is 0. The van der Waals surface area contributed by atoms with E-state index in [1.807, 2.05) is 0 Å². The number of carbonyl (C=O) groups is 1. The summed E-state index contributed by atoms with van der Waals surface area (Å²) in [6.07, 6.45) is 8.87. The highest BCUT2D eigenvalue weighted by Crippen LogP contribution is 2.61. The molecular formula is C19H28N4O3. The van der Waals surface area contributed by atoms with Gasteiger partial charge in [0, 0.05) is 6.04 Å². The Hall–Kier alpha value is -1.92. The first-order valence-electron chi connectivity index (χ1n) is 9.86. The average molecular weight is 360 g/mol. The molecular weight excluding hydrogens is 332 g/mol. The van der Waals surface area contributed by atoms with Gasteiger partial charge in [-0.15, -0.1) is 0 Å². The molecule has 7 nitrogen and oxygen atoms in total. The molecule has 1 aromatic rings. The average Bonchev–Trinajstić information content (AvgIpc) is 2.92. The lowest BCUT2D eigenvalue weighted by molar-refractivity contribution is -0.389. The van der Waals surface area contributed by atoms with Crippen LogP contribution in [-0.2, 0) is 11.3 Å². The molecule has 4 fully saturated rings. The Bertz CT molecular complexity index is 691. The maximum atomic E-state index is 12.7. The highest BCUT2D eigenvalue weighted by molar-refractivity contribution is 5.76. The number of nitrogens with one attached hydrogen (secondary N) is 1. The molecule has 0 aromatic carbocycles. The highest BCUT2D eigenvalue weighted by Gasteiger charge is 2.54. The Labute approximate surface area is 153 Å². The first-order valence-corrected chi connectivity index (χ1v) is 9.86. The largest absolute Gasteiger partial charge is 0.390 e. The van der Waals surface area contributed by atoms with Gasteiger partial charge >= 0.3 is 5.82 Å². The van der Waals surface area contributed by atoms with E-state index in [2.05, 4.69) is 17.3 Å². The first-order chi connectivity index (χ1) is 12.4. The molecule has 0 radical (unpaired) electrons. The van der Waals surface area contributed by atoms with Gasteiger partial charge in [0.25, 0.3) is 0 Å². The second-order valence-corrected chi connectivity index (χ2v) is 8.87. The minimum atomic E-state index is -0.522. The molecule has 0 aliphatic heterocycles. The summed E-state index contributed by atoms with van der Waals surface area (Å²) < 4.78 is 1.43. The van der Waals surface area contributed by atoms with Crippen LogP contribution in [0.1, 0.15) is 57.6 Å². The quantitative estimate of drug-likeness (QED) is 0.623. The number of amides is 1. The first kappa shape index (κ1) is 17.5. The second-order valence-electron chi connectivity index (χ2n) is 8.87. The molecule has 4 bridgehead atoms. The Morgan fingerprint density at radius 3 is 2.38 bits per heavy atom. The van der Waals surface area contributed by atoms with Gasteiger partial charge in [0.05, 0.1) is 16.9 Å². The van der Waals surface area contributed by atoms with Crippen molar-refractivity contribution >= 4 is 11.7 Å². The van der Waals surface area contributed by atoms with Gasteiger partial charge in [-0.25, -0.2) is 0 Å². The molecule has 1 N–H and O–H groups in total. The van der Waals surface area contributed by atoms with Crippen molar-refractivity contribution < 1.29 is 9.72 Å². The van der Waals surface area contributed by atoms with Crippen LogP contribution in [0, 0.1) is 40.2 Å². The molecule has 0 spiro atoms. The van der Waals surface area contributed by atoms with Gasteiger partial charge in [-0.05, 0) is 80.0 Å². The molecule has 1 amide bonds. The van der Waals surface area contributed by atoms with Crippen molar-refractivity contribution in [1.82, 2.24) is 15.1 Å². The molecule has 4 aliphatic carbocycles. The van der Waals surface area contributed by atoms with Gasteiger partial charge in [-0.1, -0.05) is 6.92 Å². The minimum Gasteiger partial charge on any atom is -0.358 e. The fraction of sp³-hybridized carbons (Fsp3) is 0.789. The van der Waals surface area contributed by atoms with E-state index < -0.39 is 4.92 Å². The van der Waals surface area contributed by atoms with E-state index in [9.17, 15) is 14.9 Å². The van der Waals surface area contributed by atoms with Crippen molar-refractivity contribution in [3.05, 3.63) is 21.9 Å². The summed E-state index contributed by atoms with van der Waals surface area (Å²) in [5.41, 5.74) is 0.902. The SMILES string of the molecule is CCC(NC(=O)Cn1nc([N+](=O)[O-])cc1C)C12CC3CC(CC(C3)C1)C2. The smallest absolute Gasteiger partial charge is 0.358 e. The molecule has 4 aliphatic rings. The lowest BCUT2D eigenvalue weighted by Gasteiger charge is -2.59. The predicted molar refractivity (Wildman–Crippen MR) is 96.4 cm³/mol. The van der Waals surface area contributed by atoms with Crippen molar-refractivity contribution in [2.45, 2.75) is 71.4 Å². The molecule has 7 heteroatoms. The van der Waals surface area contributed by atoms with Crippen LogP contribution in [0.3, 0.4) is 0 Å². The third-order valence-corrected chi connectivity index (χ3v) is 7.02. The normalized spacial score (nSPS) is 33.2. The fourth-order valence-corrected chi connectivity index (χ4v) is 6.41. The highest BCUT2D eigenvalue weighted by atomic mass is 16.6. The summed E-state index contributed by atoms with van der Waals surface area (Å²) in [5, 5.41) is 18.1. The maximum Gasteiger partial charge on any atom is 0.390 e. The summed E-state index contributed by atoms with van der Waals surface area (Å²) in [4.78, 5) is 23.0. The van der Waals surface area contributed by atoms with Gasteiger partial charge < -0.3 is 15.4 Å². The third-order valence-electron chi connectivity index (χ3n) is 7.02. The van der Waals surface area contributed by atoms with Crippen molar-refractivity contribution in [3.63, 3.8) is 0 Å². The third kappa shape index (κ3) is 3.01. The molecule has 1 heterocycles. The van der Waals surface area contributed by atoms with E-state index >= 15 is 0 Å². The number of nitrogens with zero attached hydrogens (tertiary/aromatic N) is 3. The molecule has 26 heavy (non-hydrogen) atoms. The van der Waals surface area contributed by atoms with Crippen molar-refractivity contribution in [2.75, 3.05) is 0 Å². The zero-order chi connectivity index (χ0) is 18.5. The monoisotopic (exact) mass is 360 g/mol. The number of carbonyl (C=O) groups excluding carboxylic acids is 1. The van der Waals surface area contributed by atoms with Crippen LogP contribution >= 0.6 is 0 Å². The zero-order valence-electron chi connectivity index (χ0n) is 15.6. The second kappa shape index (κ2) is 6.35. The van der Waals surface area contributed by atoms with Gasteiger partial charge in [0.2, 0.25) is 5.91 Å². The number of aromatic nitrogens is 2. The maximum absolute atomic E-state index is 12.7. The Morgan fingerprint density at radius 2 is 1.92 bits per heavy atom. The van der Waals surface area contributed by atoms with Crippen molar-refractivity contribution in [2.24, 2.45) is 23.2 Å². The van der Waals surface area contributed by atoms with Crippen LogP contribution in [-0.4, -0.2) is 26.7 Å². The number of aryl methyl sites for hydroxylation is 1. The van der Waals surface area contributed by atoms with Gasteiger partial charge in [0.1, 0.15) is 6.54 Å². The zero-order valence-corrected chi connectivity index (χ0v) is 15.6. The van der Waals surface area contributed by atoms with Gasteiger partial charge in [-0.3, -0.25) is 4.79 Å². The molecule has 4 saturated carbocycles. The topological polar surface area (TPSA) is 90.1 Å². The molecule has 1 atom stereocenters. The van der Waals surface area contributed by atoms with Crippen LogP contribution in [0.25, 0.3) is 0 Å². The summed E-state index contributed by atoms with van der Waals surface area (Å²) in [6, 6.07) is 1.61. The van der Waals surface area contributed by atoms with Crippen LogP contribution < -0.4 is 5.32 Å². The standard InChI is InChI=1S/C19H28N4O3/c1-3-16(19-8-13-5-14(9-19)7-15(6-13)10-19)20-18(24)11-22-12(2)4-17(21-22)23(25)26/h4,13-16H,3,5-11H2,1-2H3,(H,20,24). The predicted octanol–water partition coefficient (Wildman–Crippen LogP) is 3.21. The van der Waals surface area contributed by atoms with Gasteiger partial charge in [-0.2, -0.15) is 4.68 Å². The van der Waals surface area contributed by atoms with Crippen LogP contribution in [0.4, 0.5) is 5.82 Å². The van der Waals surface area contributed by atoms with Crippen LogP contribution in [0.15, 0.2) is 6.07 Å². The minimum absolute atomic E-state index is 0.0442. The number of nitro groups is 1. The Morgan fingerprint density at radius 1 is 1.35 bits per heavy atom. The Kier molecular flexibility index (Phi) is 4.28. The molecule has 142 valence electrons. The van der Waals surface area contributed by atoms with E-state index in [4.69, 9.17) is 0 Å². The molecule has 1 aromatic heterocycles. The lowest BCUT2D eigenvalue weighted by Crippen LogP contribution is -2.57.